The van der Waals surface area contributed by atoms with Gasteiger partial charge in [-0.3, -0.25) is 4.79 Å². The van der Waals surface area contributed by atoms with Crippen LogP contribution in [0.25, 0.3) is 11.3 Å². The maximum Gasteiger partial charge on any atom is 0.433 e. The number of hydrogen-bond acceptors (Lipinski definition) is 4. The van der Waals surface area contributed by atoms with Gasteiger partial charge in [0.15, 0.2) is 23.2 Å². The molecule has 1 amide bonds. The fourth-order valence-electron chi connectivity index (χ4n) is 3.37. The Balaban J connectivity index is 1.55. The maximum absolute atomic E-state index is 13.7. The summed E-state index contributed by atoms with van der Waals surface area (Å²) < 4.78 is 41.0. The summed E-state index contributed by atoms with van der Waals surface area (Å²) in [5, 5.41) is 2.69. The molecule has 0 atom stereocenters. The Morgan fingerprint density at radius 2 is 1.87 bits per heavy atom. The zero-order valence-electron chi connectivity index (χ0n) is 15.8. The number of amides is 1. The number of benzene rings is 1. The molecule has 30 heavy (non-hydrogen) atoms. The summed E-state index contributed by atoms with van der Waals surface area (Å²) in [4.78, 5) is 23.2. The van der Waals surface area contributed by atoms with Gasteiger partial charge < -0.3 is 5.32 Å². The number of fused-ring (bicyclic) bond motifs is 3. The summed E-state index contributed by atoms with van der Waals surface area (Å²) in [5.41, 5.74) is 2.08. The monoisotopic (exact) mass is 431 g/mol. The number of aromatic amines is 1. The van der Waals surface area contributed by atoms with E-state index in [1.54, 1.807) is 24.5 Å². The molecule has 3 aromatic rings. The number of nitrogens with zero attached hydrogens (tertiary/aromatic N) is 2. The molecule has 0 bridgehead atoms. The molecular formula is C21H18F3N4OS+. The van der Waals surface area contributed by atoms with Crippen molar-refractivity contribution in [2.45, 2.75) is 30.7 Å². The zero-order valence-corrected chi connectivity index (χ0v) is 16.6. The molecule has 0 radical (unpaired) electrons. The van der Waals surface area contributed by atoms with Crippen molar-refractivity contribution in [3.8, 4) is 11.3 Å². The van der Waals surface area contributed by atoms with Crippen LogP contribution in [0.15, 0.2) is 53.9 Å². The third kappa shape index (κ3) is 4.46. The highest BCUT2D eigenvalue weighted by Gasteiger charge is 2.38. The number of aryl methyl sites for hydroxylation is 1. The molecule has 1 aliphatic carbocycles. The summed E-state index contributed by atoms with van der Waals surface area (Å²) >= 11 is 0.901. The van der Waals surface area contributed by atoms with Gasteiger partial charge in [-0.15, -0.1) is 0 Å². The molecule has 2 heterocycles. The number of aromatic nitrogens is 3. The van der Waals surface area contributed by atoms with E-state index in [1.165, 1.54) is 0 Å². The first kappa shape index (κ1) is 20.3. The molecule has 1 aromatic carbocycles. The Morgan fingerprint density at radius 1 is 1.10 bits per heavy atom. The molecule has 0 spiro atoms. The molecule has 154 valence electrons. The van der Waals surface area contributed by atoms with Crippen LogP contribution < -0.4 is 10.3 Å². The fourth-order valence-corrected chi connectivity index (χ4v) is 4.05. The minimum absolute atomic E-state index is 0.0535. The van der Waals surface area contributed by atoms with Crippen LogP contribution in [0.4, 0.5) is 13.2 Å². The Kier molecular flexibility index (Phi) is 5.72. The molecule has 2 aromatic heterocycles. The van der Waals surface area contributed by atoms with Gasteiger partial charge in [-0.05, 0) is 24.0 Å². The van der Waals surface area contributed by atoms with Crippen LogP contribution in [0.2, 0.25) is 0 Å². The number of rotatable bonds is 5. The molecule has 2 N–H and O–H groups in total. The van der Waals surface area contributed by atoms with E-state index in [0.717, 1.165) is 22.9 Å². The van der Waals surface area contributed by atoms with Crippen LogP contribution in [0, 0.1) is 0 Å². The quantitative estimate of drug-likeness (QED) is 0.496. The first-order valence-electron chi connectivity index (χ1n) is 9.32. The van der Waals surface area contributed by atoms with Crippen LogP contribution in [0.1, 0.15) is 22.4 Å². The van der Waals surface area contributed by atoms with E-state index < -0.39 is 11.9 Å². The second-order valence-electron chi connectivity index (χ2n) is 6.81. The lowest BCUT2D eigenvalue weighted by atomic mass is 9.88. The smallest absolute Gasteiger partial charge is 0.351 e. The minimum atomic E-state index is -4.58. The Bertz CT molecular complexity index is 1070. The number of carbonyl (C=O) groups excluding carboxylic acids is 1. The molecule has 4 rings (SSSR count). The highest BCUT2D eigenvalue weighted by Crippen LogP contribution is 2.40. The number of pyridine rings is 1. The van der Waals surface area contributed by atoms with Crippen molar-refractivity contribution in [1.82, 2.24) is 15.3 Å². The van der Waals surface area contributed by atoms with Crippen molar-refractivity contribution in [3.05, 3.63) is 71.2 Å². The minimum Gasteiger partial charge on any atom is -0.351 e. The predicted octanol–water partition coefficient (Wildman–Crippen LogP) is 3.48. The Hall–Kier alpha value is -2.94. The number of alkyl halides is 3. The highest BCUT2D eigenvalue weighted by atomic mass is 32.2. The van der Waals surface area contributed by atoms with E-state index in [-0.39, 0.29) is 28.8 Å². The number of H-pyrrole nitrogens is 1. The van der Waals surface area contributed by atoms with E-state index in [2.05, 4.69) is 20.3 Å². The van der Waals surface area contributed by atoms with Gasteiger partial charge in [-0.25, -0.2) is 15.0 Å². The largest absolute Gasteiger partial charge is 0.433 e. The predicted molar refractivity (Wildman–Crippen MR) is 105 cm³/mol. The fraction of sp³-hybridized carbons (Fsp3) is 0.238. The Morgan fingerprint density at radius 3 is 2.63 bits per heavy atom. The molecule has 0 saturated heterocycles. The van der Waals surface area contributed by atoms with Crippen molar-refractivity contribution in [2.75, 3.05) is 5.75 Å². The van der Waals surface area contributed by atoms with Crippen molar-refractivity contribution < 1.29 is 22.9 Å². The van der Waals surface area contributed by atoms with Gasteiger partial charge in [0.2, 0.25) is 5.91 Å². The normalized spacial score (nSPS) is 12.8. The lowest BCUT2D eigenvalue weighted by Gasteiger charge is -2.22. The molecule has 0 fully saturated rings. The summed E-state index contributed by atoms with van der Waals surface area (Å²) in [6.45, 7) is 0.334. The zero-order chi connectivity index (χ0) is 21.1. The molecule has 0 saturated carbocycles. The third-order valence-corrected chi connectivity index (χ3v) is 5.63. The van der Waals surface area contributed by atoms with Crippen LogP contribution in [-0.2, 0) is 30.4 Å². The average Bonchev–Trinajstić information content (AvgIpc) is 2.75. The van der Waals surface area contributed by atoms with Crippen LogP contribution in [0.3, 0.4) is 0 Å². The van der Waals surface area contributed by atoms with E-state index in [1.807, 2.05) is 24.3 Å². The van der Waals surface area contributed by atoms with Crippen molar-refractivity contribution in [2.24, 2.45) is 0 Å². The highest BCUT2D eigenvalue weighted by molar-refractivity contribution is 7.99. The molecule has 0 aliphatic heterocycles. The molecule has 9 heteroatoms. The second-order valence-corrected chi connectivity index (χ2v) is 7.75. The van der Waals surface area contributed by atoms with Gasteiger partial charge in [0.25, 0.3) is 0 Å². The van der Waals surface area contributed by atoms with Gasteiger partial charge in [0, 0.05) is 29.8 Å². The van der Waals surface area contributed by atoms with Crippen molar-refractivity contribution in [3.63, 3.8) is 0 Å². The summed E-state index contributed by atoms with van der Waals surface area (Å²) in [5.74, 6) is -0.375. The first-order chi connectivity index (χ1) is 14.4. The lowest BCUT2D eigenvalue weighted by Crippen LogP contribution is -2.25. The molecule has 0 unspecified atom stereocenters. The van der Waals surface area contributed by atoms with Gasteiger partial charge in [-0.2, -0.15) is 13.2 Å². The average molecular weight is 431 g/mol. The second kappa shape index (κ2) is 8.43. The van der Waals surface area contributed by atoms with Gasteiger partial charge in [-0.1, -0.05) is 36.0 Å². The molecule has 5 nitrogen and oxygen atoms in total. The molecule has 1 aliphatic rings. The van der Waals surface area contributed by atoms with Gasteiger partial charge in [0.1, 0.15) is 0 Å². The molecular weight excluding hydrogens is 413 g/mol. The standard InChI is InChI=1S/C21H17F3N4OS/c22-21(23,24)19-16-6-5-14-3-1-2-4-15(14)18(16)27-20(28-19)30-12-17(29)26-11-13-7-9-25-10-8-13/h1-4,7-10H,5-6,11-12H2,(H,26,29)/p+1. The van der Waals surface area contributed by atoms with E-state index in [0.29, 0.717) is 24.2 Å². The van der Waals surface area contributed by atoms with Crippen LogP contribution in [-0.4, -0.2) is 21.6 Å². The van der Waals surface area contributed by atoms with Gasteiger partial charge >= 0.3 is 6.18 Å². The lowest BCUT2D eigenvalue weighted by molar-refractivity contribution is -0.378. The van der Waals surface area contributed by atoms with Crippen LogP contribution in [0.5, 0.6) is 0 Å². The number of halogens is 3. The summed E-state index contributed by atoms with van der Waals surface area (Å²) in [6, 6.07) is 11.0. The SMILES string of the molecule is O=C(CSc1nc2c(c(C(F)(F)F)n1)CCc1ccccc1-2)NCc1cc[nH+]cc1. The number of hydrogen-bond donors (Lipinski definition) is 1. The van der Waals surface area contributed by atoms with E-state index >= 15 is 0 Å². The Labute approximate surface area is 175 Å². The number of nitrogens with one attached hydrogen (secondary N) is 2. The van der Waals surface area contributed by atoms with E-state index in [9.17, 15) is 18.0 Å². The summed E-state index contributed by atoms with van der Waals surface area (Å²) in [6.07, 6.45) is -0.342. The van der Waals surface area contributed by atoms with Crippen molar-refractivity contribution >= 4 is 17.7 Å². The maximum atomic E-state index is 13.7. The number of thioether (sulfide) groups is 1. The third-order valence-electron chi connectivity index (χ3n) is 4.78. The topological polar surface area (TPSA) is 69.0 Å². The van der Waals surface area contributed by atoms with Gasteiger partial charge in [0.05, 0.1) is 11.4 Å². The van der Waals surface area contributed by atoms with E-state index in [4.69, 9.17) is 0 Å². The van der Waals surface area contributed by atoms with Crippen LogP contribution >= 0.6 is 11.8 Å². The first-order valence-corrected chi connectivity index (χ1v) is 10.3. The number of carbonyl (C=O) groups is 1. The van der Waals surface area contributed by atoms with Crippen molar-refractivity contribution in [1.29, 1.82) is 0 Å². The summed E-state index contributed by atoms with van der Waals surface area (Å²) in [7, 11) is 0.